The Bertz CT molecular complexity index is 2640. The summed E-state index contributed by atoms with van der Waals surface area (Å²) in [5, 5.41) is 2.52. The molecule has 0 fully saturated rings. The molecule has 0 unspecified atom stereocenters. The first kappa shape index (κ1) is 32.0. The average molecular weight is 676 g/mol. The SMILES string of the molecule is c1ccc(-c2ccccc2-c2ccccc2N(c2ccccc2)c2ccc(-c3ccc(-c4cccc(-c5ccc6ccccc6c5)c4)cc3)cc2)cc1. The minimum atomic E-state index is 1.10. The van der Waals surface area contributed by atoms with Crippen molar-refractivity contribution in [3.8, 4) is 55.6 Å². The lowest BCUT2D eigenvalue weighted by molar-refractivity contribution is 1.28. The number of hydrogen-bond acceptors (Lipinski definition) is 1. The molecule has 53 heavy (non-hydrogen) atoms. The first-order valence-corrected chi connectivity index (χ1v) is 18.2. The van der Waals surface area contributed by atoms with Crippen molar-refractivity contribution in [3.63, 3.8) is 0 Å². The van der Waals surface area contributed by atoms with Crippen LogP contribution in [0.1, 0.15) is 0 Å². The van der Waals surface area contributed by atoms with E-state index in [-0.39, 0.29) is 0 Å². The molecule has 0 saturated carbocycles. The molecular weight excluding hydrogens is 639 g/mol. The summed E-state index contributed by atoms with van der Waals surface area (Å²) in [6.45, 7) is 0. The van der Waals surface area contributed by atoms with Crippen LogP contribution in [0.3, 0.4) is 0 Å². The van der Waals surface area contributed by atoms with Crippen molar-refractivity contribution < 1.29 is 0 Å². The van der Waals surface area contributed by atoms with Crippen LogP contribution in [0, 0.1) is 0 Å². The van der Waals surface area contributed by atoms with Gasteiger partial charge in [-0.15, -0.1) is 0 Å². The zero-order chi connectivity index (χ0) is 35.4. The third kappa shape index (κ3) is 6.53. The highest BCUT2D eigenvalue weighted by Gasteiger charge is 2.19. The smallest absolute Gasteiger partial charge is 0.0540 e. The summed E-state index contributed by atoms with van der Waals surface area (Å²) in [6.07, 6.45) is 0. The molecule has 9 rings (SSSR count). The molecule has 0 aliphatic heterocycles. The van der Waals surface area contributed by atoms with E-state index in [1.807, 2.05) is 0 Å². The molecule has 0 saturated heterocycles. The summed E-state index contributed by atoms with van der Waals surface area (Å²) < 4.78 is 0. The molecule has 9 aromatic carbocycles. The van der Waals surface area contributed by atoms with E-state index in [1.165, 1.54) is 66.4 Å². The van der Waals surface area contributed by atoms with Gasteiger partial charge in [-0.05, 0) is 103 Å². The summed E-state index contributed by atoms with van der Waals surface area (Å²) in [7, 11) is 0. The molecule has 0 N–H and O–H groups in total. The van der Waals surface area contributed by atoms with Gasteiger partial charge >= 0.3 is 0 Å². The van der Waals surface area contributed by atoms with E-state index in [9.17, 15) is 0 Å². The van der Waals surface area contributed by atoms with Gasteiger partial charge in [-0.25, -0.2) is 0 Å². The van der Waals surface area contributed by atoms with Gasteiger partial charge in [-0.2, -0.15) is 0 Å². The van der Waals surface area contributed by atoms with Crippen molar-refractivity contribution in [3.05, 3.63) is 224 Å². The Morgan fingerprint density at radius 1 is 0.226 bits per heavy atom. The number of para-hydroxylation sites is 2. The number of fused-ring (bicyclic) bond motifs is 1. The minimum absolute atomic E-state index is 1.10. The van der Waals surface area contributed by atoms with Crippen LogP contribution in [-0.4, -0.2) is 0 Å². The molecule has 0 atom stereocenters. The molecule has 1 heteroatoms. The highest BCUT2D eigenvalue weighted by molar-refractivity contribution is 5.94. The second-order valence-corrected chi connectivity index (χ2v) is 13.4. The van der Waals surface area contributed by atoms with E-state index in [0.717, 1.165) is 17.1 Å². The zero-order valence-electron chi connectivity index (χ0n) is 29.3. The summed E-state index contributed by atoms with van der Waals surface area (Å²) in [5.41, 5.74) is 15.4. The lowest BCUT2D eigenvalue weighted by atomic mass is 9.93. The van der Waals surface area contributed by atoms with E-state index in [4.69, 9.17) is 0 Å². The highest BCUT2D eigenvalue weighted by Crippen LogP contribution is 2.43. The van der Waals surface area contributed by atoms with Crippen LogP contribution in [0.15, 0.2) is 224 Å². The van der Waals surface area contributed by atoms with Crippen molar-refractivity contribution in [2.24, 2.45) is 0 Å². The molecule has 0 spiro atoms. The second kappa shape index (κ2) is 14.3. The molecule has 0 radical (unpaired) electrons. The monoisotopic (exact) mass is 675 g/mol. The fraction of sp³-hybridized carbons (Fsp3) is 0. The lowest BCUT2D eigenvalue weighted by Gasteiger charge is -2.28. The quantitative estimate of drug-likeness (QED) is 0.155. The first-order chi connectivity index (χ1) is 26.3. The van der Waals surface area contributed by atoms with Crippen LogP contribution in [0.2, 0.25) is 0 Å². The van der Waals surface area contributed by atoms with Crippen LogP contribution in [0.4, 0.5) is 17.1 Å². The summed E-state index contributed by atoms with van der Waals surface area (Å²) in [6, 6.07) is 80.7. The maximum absolute atomic E-state index is 2.37. The Hall–Kier alpha value is -6.96. The number of hydrogen-bond donors (Lipinski definition) is 0. The molecule has 250 valence electrons. The van der Waals surface area contributed by atoms with Gasteiger partial charge in [0.15, 0.2) is 0 Å². The van der Waals surface area contributed by atoms with Gasteiger partial charge in [0.25, 0.3) is 0 Å². The molecule has 0 heterocycles. The van der Waals surface area contributed by atoms with E-state index < -0.39 is 0 Å². The number of anilines is 3. The molecule has 0 amide bonds. The van der Waals surface area contributed by atoms with Crippen LogP contribution in [0.25, 0.3) is 66.4 Å². The third-order valence-corrected chi connectivity index (χ3v) is 10.1. The standard InChI is InChI=1S/C52H37N/c1-3-15-42(16-4-1)49-22-9-10-23-50(49)51-24-11-12-25-52(51)53(47-20-5-2-6-21-47)48-34-32-40(33-35-48)39-26-28-41(29-27-39)44-18-13-19-45(36-44)46-31-30-38-14-7-8-17-43(38)37-46/h1-37H. The fourth-order valence-electron chi connectivity index (χ4n) is 7.39. The molecule has 0 aliphatic rings. The van der Waals surface area contributed by atoms with Gasteiger partial charge in [-0.3, -0.25) is 0 Å². The molecule has 0 aromatic heterocycles. The molecule has 9 aromatic rings. The largest absolute Gasteiger partial charge is 0.310 e. The van der Waals surface area contributed by atoms with Crippen LogP contribution in [0.5, 0.6) is 0 Å². The Kier molecular flexibility index (Phi) is 8.66. The number of rotatable bonds is 8. The van der Waals surface area contributed by atoms with Crippen molar-refractivity contribution >= 4 is 27.8 Å². The van der Waals surface area contributed by atoms with E-state index in [2.05, 4.69) is 229 Å². The molecular formula is C52H37N. The zero-order valence-corrected chi connectivity index (χ0v) is 29.3. The van der Waals surface area contributed by atoms with Gasteiger partial charge in [0.2, 0.25) is 0 Å². The summed E-state index contributed by atoms with van der Waals surface area (Å²) in [4.78, 5) is 2.37. The minimum Gasteiger partial charge on any atom is -0.310 e. The predicted molar refractivity (Wildman–Crippen MR) is 226 cm³/mol. The average Bonchev–Trinajstić information content (AvgIpc) is 3.25. The third-order valence-electron chi connectivity index (χ3n) is 10.1. The fourth-order valence-corrected chi connectivity index (χ4v) is 7.39. The van der Waals surface area contributed by atoms with Gasteiger partial charge in [0, 0.05) is 16.9 Å². The van der Waals surface area contributed by atoms with Gasteiger partial charge in [-0.1, -0.05) is 182 Å². The number of benzene rings is 9. The van der Waals surface area contributed by atoms with E-state index in [1.54, 1.807) is 0 Å². The maximum atomic E-state index is 2.37. The van der Waals surface area contributed by atoms with Gasteiger partial charge < -0.3 is 4.90 Å². The lowest BCUT2D eigenvalue weighted by Crippen LogP contribution is -2.11. The normalized spacial score (nSPS) is 11.0. The topological polar surface area (TPSA) is 3.24 Å². The Labute approximate surface area is 311 Å². The highest BCUT2D eigenvalue weighted by atomic mass is 15.1. The van der Waals surface area contributed by atoms with Crippen LogP contribution in [-0.2, 0) is 0 Å². The van der Waals surface area contributed by atoms with Crippen molar-refractivity contribution in [2.45, 2.75) is 0 Å². The van der Waals surface area contributed by atoms with Crippen molar-refractivity contribution in [1.29, 1.82) is 0 Å². The Morgan fingerprint density at radius 3 is 1.40 bits per heavy atom. The summed E-state index contributed by atoms with van der Waals surface area (Å²) in [5.74, 6) is 0. The van der Waals surface area contributed by atoms with Gasteiger partial charge in [0.1, 0.15) is 0 Å². The van der Waals surface area contributed by atoms with Crippen LogP contribution >= 0.6 is 0 Å². The second-order valence-electron chi connectivity index (χ2n) is 13.4. The molecule has 0 bridgehead atoms. The Balaban J connectivity index is 1.03. The van der Waals surface area contributed by atoms with Crippen molar-refractivity contribution in [2.75, 3.05) is 4.90 Å². The van der Waals surface area contributed by atoms with Gasteiger partial charge in [0.05, 0.1) is 5.69 Å². The van der Waals surface area contributed by atoms with E-state index in [0.29, 0.717) is 0 Å². The molecule has 1 nitrogen and oxygen atoms in total. The van der Waals surface area contributed by atoms with E-state index >= 15 is 0 Å². The van der Waals surface area contributed by atoms with Crippen molar-refractivity contribution in [1.82, 2.24) is 0 Å². The number of nitrogens with zero attached hydrogens (tertiary/aromatic N) is 1. The first-order valence-electron chi connectivity index (χ1n) is 18.2. The summed E-state index contributed by atoms with van der Waals surface area (Å²) >= 11 is 0. The predicted octanol–water partition coefficient (Wildman–Crippen LogP) is 14.6. The maximum Gasteiger partial charge on any atom is 0.0540 e. The van der Waals surface area contributed by atoms with Crippen LogP contribution < -0.4 is 4.90 Å². The Morgan fingerprint density at radius 2 is 0.679 bits per heavy atom. The molecule has 0 aliphatic carbocycles.